The fourth-order valence-electron chi connectivity index (χ4n) is 4.27. The van der Waals surface area contributed by atoms with Gasteiger partial charge in [0.25, 0.3) is 0 Å². The molecule has 1 N–H and O–H groups in total. The van der Waals surface area contributed by atoms with Crippen LogP contribution in [-0.4, -0.2) is 24.9 Å². The van der Waals surface area contributed by atoms with Crippen molar-refractivity contribution in [2.24, 2.45) is 12.5 Å². The molecule has 4 aromatic heterocycles. The molecule has 1 aliphatic rings. The topological polar surface area (TPSA) is 63.8 Å². The highest BCUT2D eigenvalue weighted by Gasteiger charge is 2.51. The van der Waals surface area contributed by atoms with Gasteiger partial charge in [0, 0.05) is 35.8 Å². The summed E-state index contributed by atoms with van der Waals surface area (Å²) in [7, 11) is 1.88. The standard InChI is InChI=1S/C20H19ClN4OS/c1-19(2)9-20(26,10-19)16-15(21)13-4-5-14(23-18(13)27-16)11-6-12-8-25(3)24-17(12)22-7-11/h4-8,26H,9-10H2,1-3H3. The van der Waals surface area contributed by atoms with Crippen molar-refractivity contribution in [1.29, 1.82) is 0 Å². The van der Waals surface area contributed by atoms with E-state index >= 15 is 0 Å². The number of halogens is 1. The number of thiophene rings is 1. The molecule has 5 nitrogen and oxygen atoms in total. The molecule has 5 rings (SSSR count). The Bertz CT molecular complexity index is 1200. The largest absolute Gasteiger partial charge is 0.384 e. The van der Waals surface area contributed by atoms with Crippen molar-refractivity contribution in [2.75, 3.05) is 0 Å². The zero-order valence-corrected chi connectivity index (χ0v) is 16.9. The average Bonchev–Trinajstić information content (AvgIpc) is 3.11. The third-order valence-corrected chi connectivity index (χ3v) is 7.03. The molecule has 0 bridgehead atoms. The molecule has 0 radical (unpaired) electrons. The maximum atomic E-state index is 11.0. The van der Waals surface area contributed by atoms with E-state index in [0.29, 0.717) is 5.02 Å². The molecule has 0 aliphatic heterocycles. The number of pyridine rings is 2. The van der Waals surface area contributed by atoms with Crippen molar-refractivity contribution < 1.29 is 5.11 Å². The lowest BCUT2D eigenvalue weighted by Gasteiger charge is -2.49. The Morgan fingerprint density at radius 3 is 2.78 bits per heavy atom. The second-order valence-electron chi connectivity index (χ2n) is 8.28. The quantitative estimate of drug-likeness (QED) is 0.521. The van der Waals surface area contributed by atoms with Crippen molar-refractivity contribution in [3.8, 4) is 11.3 Å². The molecule has 0 saturated heterocycles. The summed E-state index contributed by atoms with van der Waals surface area (Å²) in [5.74, 6) is 0. The van der Waals surface area contributed by atoms with Crippen LogP contribution in [0.2, 0.25) is 5.02 Å². The van der Waals surface area contributed by atoms with Gasteiger partial charge >= 0.3 is 0 Å². The lowest BCUT2D eigenvalue weighted by atomic mass is 9.61. The number of nitrogens with zero attached hydrogens (tertiary/aromatic N) is 4. The van der Waals surface area contributed by atoms with Gasteiger partial charge in [-0.2, -0.15) is 5.10 Å². The van der Waals surface area contributed by atoms with Gasteiger partial charge in [-0.15, -0.1) is 11.3 Å². The Morgan fingerprint density at radius 2 is 2.04 bits per heavy atom. The summed E-state index contributed by atoms with van der Waals surface area (Å²) in [6, 6.07) is 5.99. The highest BCUT2D eigenvalue weighted by atomic mass is 35.5. The van der Waals surface area contributed by atoms with Crippen molar-refractivity contribution >= 4 is 44.2 Å². The van der Waals surface area contributed by atoms with Crippen LogP contribution < -0.4 is 0 Å². The van der Waals surface area contributed by atoms with Crippen LogP contribution in [0, 0.1) is 5.41 Å². The first-order valence-electron chi connectivity index (χ1n) is 8.86. The van der Waals surface area contributed by atoms with Crippen LogP contribution in [0.1, 0.15) is 31.6 Å². The first-order chi connectivity index (χ1) is 12.7. The Morgan fingerprint density at radius 1 is 1.26 bits per heavy atom. The van der Waals surface area contributed by atoms with Crippen LogP contribution in [0.15, 0.2) is 30.6 Å². The summed E-state index contributed by atoms with van der Waals surface area (Å²) in [6.07, 6.45) is 5.18. The Balaban J connectivity index is 1.59. The van der Waals surface area contributed by atoms with Gasteiger partial charge in [-0.1, -0.05) is 25.4 Å². The monoisotopic (exact) mass is 398 g/mol. The zero-order chi connectivity index (χ0) is 19.0. The first kappa shape index (κ1) is 17.1. The van der Waals surface area contributed by atoms with E-state index in [9.17, 15) is 5.11 Å². The van der Waals surface area contributed by atoms with Gasteiger partial charge in [0.1, 0.15) is 10.4 Å². The van der Waals surface area contributed by atoms with Crippen LogP contribution >= 0.6 is 22.9 Å². The van der Waals surface area contributed by atoms with Crippen LogP contribution in [0.3, 0.4) is 0 Å². The predicted molar refractivity (Wildman–Crippen MR) is 109 cm³/mol. The molecule has 1 aliphatic carbocycles. The second-order valence-corrected chi connectivity index (χ2v) is 9.66. The molecule has 7 heteroatoms. The molecule has 1 fully saturated rings. The number of hydrogen-bond acceptors (Lipinski definition) is 5. The Hall–Kier alpha value is -2.02. The van der Waals surface area contributed by atoms with Crippen LogP contribution in [0.5, 0.6) is 0 Å². The zero-order valence-electron chi connectivity index (χ0n) is 15.3. The molecular weight excluding hydrogens is 380 g/mol. The predicted octanol–water partition coefficient (Wildman–Crippen LogP) is 4.91. The van der Waals surface area contributed by atoms with Gasteiger partial charge in [-0.25, -0.2) is 9.97 Å². The summed E-state index contributed by atoms with van der Waals surface area (Å²) in [4.78, 5) is 10.9. The van der Waals surface area contributed by atoms with Gasteiger partial charge < -0.3 is 5.11 Å². The van der Waals surface area contributed by atoms with Gasteiger partial charge in [0.05, 0.1) is 15.6 Å². The van der Waals surface area contributed by atoms with E-state index in [-0.39, 0.29) is 5.41 Å². The number of fused-ring (bicyclic) bond motifs is 2. The summed E-state index contributed by atoms with van der Waals surface area (Å²) in [6.45, 7) is 4.33. The van der Waals surface area contributed by atoms with E-state index < -0.39 is 5.60 Å². The Kier molecular flexibility index (Phi) is 3.48. The van der Waals surface area contributed by atoms with Gasteiger partial charge in [0.15, 0.2) is 5.65 Å². The summed E-state index contributed by atoms with van der Waals surface area (Å²) in [5, 5.41) is 17.8. The minimum absolute atomic E-state index is 0.150. The first-order valence-corrected chi connectivity index (χ1v) is 10.1. The lowest BCUT2D eigenvalue weighted by Crippen LogP contribution is -2.46. The lowest BCUT2D eigenvalue weighted by molar-refractivity contribution is -0.116. The minimum Gasteiger partial charge on any atom is -0.384 e. The maximum Gasteiger partial charge on any atom is 0.181 e. The molecule has 0 amide bonds. The number of aromatic nitrogens is 4. The normalized spacial score (nSPS) is 18.1. The number of rotatable bonds is 2. The van der Waals surface area contributed by atoms with Crippen molar-refractivity contribution in [3.63, 3.8) is 0 Å². The van der Waals surface area contributed by atoms with Crippen LogP contribution in [0.4, 0.5) is 0 Å². The highest BCUT2D eigenvalue weighted by Crippen LogP contribution is 2.57. The minimum atomic E-state index is -0.831. The van der Waals surface area contributed by atoms with E-state index in [1.165, 1.54) is 11.3 Å². The molecular formula is C20H19ClN4OS. The van der Waals surface area contributed by atoms with E-state index in [2.05, 4.69) is 23.9 Å². The second kappa shape index (κ2) is 5.50. The third-order valence-electron chi connectivity index (χ3n) is 5.23. The fourth-order valence-corrected chi connectivity index (χ4v) is 5.93. The highest BCUT2D eigenvalue weighted by molar-refractivity contribution is 7.19. The molecule has 1 saturated carbocycles. The van der Waals surface area contributed by atoms with Gasteiger partial charge in [0.2, 0.25) is 0 Å². The maximum absolute atomic E-state index is 11.0. The SMILES string of the molecule is Cn1cc2cc(-c3ccc4c(Cl)c(C5(O)CC(C)(C)C5)sc4n3)cnc2n1. The smallest absolute Gasteiger partial charge is 0.181 e. The van der Waals surface area contributed by atoms with E-state index in [4.69, 9.17) is 16.6 Å². The van der Waals surface area contributed by atoms with E-state index in [1.54, 1.807) is 10.9 Å². The number of aryl methyl sites for hydroxylation is 1. The molecule has 4 aromatic rings. The molecule has 138 valence electrons. The van der Waals surface area contributed by atoms with E-state index in [1.807, 2.05) is 31.4 Å². The molecule has 0 atom stereocenters. The molecule has 4 heterocycles. The average molecular weight is 399 g/mol. The van der Waals surface area contributed by atoms with Gasteiger partial charge in [-0.05, 0) is 36.5 Å². The van der Waals surface area contributed by atoms with E-state index in [0.717, 1.165) is 50.2 Å². The van der Waals surface area contributed by atoms with Gasteiger partial charge in [-0.3, -0.25) is 4.68 Å². The molecule has 0 spiro atoms. The third kappa shape index (κ3) is 2.66. The fraction of sp³-hybridized carbons (Fsp3) is 0.350. The van der Waals surface area contributed by atoms with Crippen LogP contribution in [-0.2, 0) is 12.6 Å². The van der Waals surface area contributed by atoms with Crippen molar-refractivity contribution in [2.45, 2.75) is 32.3 Å². The summed E-state index contributed by atoms with van der Waals surface area (Å²) < 4.78 is 1.75. The van der Waals surface area contributed by atoms with Crippen molar-refractivity contribution in [1.82, 2.24) is 19.7 Å². The number of hydrogen-bond donors (Lipinski definition) is 1. The van der Waals surface area contributed by atoms with Crippen molar-refractivity contribution in [3.05, 3.63) is 40.5 Å². The number of aliphatic hydroxyl groups is 1. The summed E-state index contributed by atoms with van der Waals surface area (Å²) >= 11 is 8.11. The molecule has 27 heavy (non-hydrogen) atoms. The summed E-state index contributed by atoms with van der Waals surface area (Å²) in [5.41, 5.74) is 1.82. The Labute approximate surface area is 165 Å². The van der Waals surface area contributed by atoms with Crippen LogP contribution in [0.25, 0.3) is 32.5 Å². The molecule has 0 unspecified atom stereocenters. The molecule has 0 aromatic carbocycles.